The highest BCUT2D eigenvalue weighted by Crippen LogP contribution is 2.62. The maximum absolute atomic E-state index is 2.76. The maximum atomic E-state index is 2.76. The third kappa shape index (κ3) is 9.84. The highest BCUT2D eigenvalue weighted by Gasteiger charge is 2.50. The Morgan fingerprint density at radius 2 is 0.841 bits per heavy atom. The quantitative estimate of drug-likeness (QED) is 0.0593. The fraction of sp³-hybridized carbons (Fsp3) is 0.341. The van der Waals surface area contributed by atoms with Gasteiger partial charge in [-0.25, -0.2) is 0 Å². The van der Waals surface area contributed by atoms with Crippen molar-refractivity contribution in [2.45, 2.75) is 181 Å². The molecule has 0 heteroatoms. The highest BCUT2D eigenvalue weighted by molar-refractivity contribution is 6.17. The van der Waals surface area contributed by atoms with Gasteiger partial charge in [0.05, 0.1) is 5.41 Å². The lowest BCUT2D eigenvalue weighted by Gasteiger charge is -2.36. The Hall–Kier alpha value is -7.02. The van der Waals surface area contributed by atoms with E-state index in [0.717, 1.165) is 0 Å². The molecule has 12 rings (SSSR count). The van der Waals surface area contributed by atoms with E-state index < -0.39 is 5.41 Å². The van der Waals surface area contributed by atoms with Gasteiger partial charge in [-0.1, -0.05) is 295 Å². The molecule has 0 atom stereocenters. The van der Waals surface area contributed by atoms with Crippen molar-refractivity contribution in [1.29, 1.82) is 0 Å². The Morgan fingerprint density at radius 3 is 1.50 bits per heavy atom. The van der Waals surface area contributed by atoms with Gasteiger partial charge in [0.25, 0.3) is 0 Å². The first kappa shape index (κ1) is 55.5. The molecule has 0 saturated carbocycles. The summed E-state index contributed by atoms with van der Waals surface area (Å²) in [6.45, 7) is 23.2. The van der Waals surface area contributed by atoms with Crippen LogP contribution in [0.15, 0.2) is 182 Å². The molecule has 0 nitrogen and oxygen atoms in total. The van der Waals surface area contributed by atoms with E-state index in [1.54, 1.807) is 11.1 Å². The Kier molecular flexibility index (Phi) is 15.1. The number of benzene rings is 10. The van der Waals surface area contributed by atoms with Crippen LogP contribution in [0, 0.1) is 13.8 Å². The Morgan fingerprint density at radius 1 is 0.329 bits per heavy atom. The van der Waals surface area contributed by atoms with Crippen LogP contribution >= 0.6 is 0 Å². The van der Waals surface area contributed by atoms with Gasteiger partial charge in [-0.2, -0.15) is 0 Å². The Bertz CT molecular complexity index is 3900. The molecule has 0 unspecified atom stereocenters. The summed E-state index contributed by atoms with van der Waals surface area (Å²) in [5.41, 5.74) is 24.3. The molecule has 82 heavy (non-hydrogen) atoms. The lowest BCUT2D eigenvalue weighted by atomic mass is 9.66. The molecular formula is C82H88. The van der Waals surface area contributed by atoms with Crippen LogP contribution in [-0.2, 0) is 21.7 Å². The fourth-order valence-electron chi connectivity index (χ4n) is 15.1. The van der Waals surface area contributed by atoms with Crippen molar-refractivity contribution in [3.05, 3.63) is 238 Å². The molecule has 0 heterocycles. The summed E-state index contributed by atoms with van der Waals surface area (Å²) >= 11 is 0. The Labute approximate surface area is 492 Å². The largest absolute Gasteiger partial charge is 0.0713 e. The van der Waals surface area contributed by atoms with Crippen LogP contribution in [-0.4, -0.2) is 0 Å². The summed E-state index contributed by atoms with van der Waals surface area (Å²) in [5.74, 6) is 0. The minimum atomic E-state index is -0.516. The average molecular weight is 1070 g/mol. The molecule has 0 aliphatic heterocycles. The number of aryl methyl sites for hydroxylation is 2. The molecule has 0 saturated heterocycles. The topological polar surface area (TPSA) is 0 Å². The average Bonchev–Trinajstić information content (AvgIpc) is 2.30. The summed E-state index contributed by atoms with van der Waals surface area (Å²) in [5, 5.41) is 7.78. The number of hydrogen-bond acceptors (Lipinski definition) is 0. The van der Waals surface area contributed by atoms with E-state index in [0.29, 0.717) is 0 Å². The van der Waals surface area contributed by atoms with Crippen LogP contribution in [0.3, 0.4) is 0 Å². The number of fused-ring (bicyclic) bond motifs is 9. The van der Waals surface area contributed by atoms with Crippen molar-refractivity contribution < 1.29 is 0 Å². The molecule has 0 bridgehead atoms. The molecule has 0 fully saturated rings. The number of hydrogen-bond donors (Lipinski definition) is 0. The van der Waals surface area contributed by atoms with Gasteiger partial charge in [0.1, 0.15) is 0 Å². The fourth-order valence-corrected chi connectivity index (χ4v) is 15.1. The van der Waals surface area contributed by atoms with Crippen LogP contribution in [0.5, 0.6) is 0 Å². The molecule has 2 aliphatic carbocycles. The summed E-state index contributed by atoms with van der Waals surface area (Å²) in [4.78, 5) is 0. The standard InChI is InChI=1S/C82H88/c1-11-13-15-17-19-23-46-81(47-24-20-18-16-14-12-2)74-52-59(58-32-33-60-50-61-48-55(3)30-43-67(61)78(71(60)51-58)70-29-25-27-57-26-21-22-28-66(57)70)34-45-68(74)72-54-77-73(53-75(72)81)69-44-31-56(4)49-76(69)82(77,64-39-35-62(36-40-64)79(5,6)7)65-41-37-63(38-42-65)80(8,9)10/h21-22,25-45,48-54H,11-20,23-24,46-47H2,1-10H3. The first-order valence-corrected chi connectivity index (χ1v) is 31.8. The van der Waals surface area contributed by atoms with Gasteiger partial charge in [0.15, 0.2) is 0 Å². The first-order chi connectivity index (χ1) is 39.6. The van der Waals surface area contributed by atoms with E-state index >= 15 is 0 Å². The van der Waals surface area contributed by atoms with Gasteiger partial charge in [0.2, 0.25) is 0 Å². The third-order valence-corrected chi connectivity index (χ3v) is 19.6. The smallest absolute Gasteiger partial charge is 0.0654 e. The Balaban J connectivity index is 1.10. The third-order valence-electron chi connectivity index (χ3n) is 19.6. The zero-order valence-electron chi connectivity index (χ0n) is 51.2. The second-order valence-corrected chi connectivity index (χ2v) is 27.2. The van der Waals surface area contributed by atoms with Gasteiger partial charge < -0.3 is 0 Å². The number of unbranched alkanes of at least 4 members (excludes halogenated alkanes) is 10. The summed E-state index contributed by atoms with van der Waals surface area (Å²) < 4.78 is 0. The lowest BCUT2D eigenvalue weighted by Crippen LogP contribution is -2.29. The summed E-state index contributed by atoms with van der Waals surface area (Å²) in [7, 11) is 0. The van der Waals surface area contributed by atoms with E-state index in [2.05, 4.69) is 251 Å². The molecule has 0 spiro atoms. The van der Waals surface area contributed by atoms with Crippen LogP contribution in [0.2, 0.25) is 0 Å². The van der Waals surface area contributed by atoms with Gasteiger partial charge in [-0.15, -0.1) is 0 Å². The van der Waals surface area contributed by atoms with E-state index in [9.17, 15) is 0 Å². The van der Waals surface area contributed by atoms with Crippen molar-refractivity contribution >= 4 is 32.3 Å². The number of rotatable bonds is 18. The molecule has 0 radical (unpaired) electrons. The molecule has 10 aromatic rings. The maximum Gasteiger partial charge on any atom is 0.0713 e. The normalized spacial score (nSPS) is 14.1. The zero-order valence-corrected chi connectivity index (χ0v) is 51.2. The molecule has 0 amide bonds. The zero-order chi connectivity index (χ0) is 57.0. The van der Waals surface area contributed by atoms with Gasteiger partial charge in [-0.05, 0) is 189 Å². The van der Waals surface area contributed by atoms with Gasteiger partial charge >= 0.3 is 0 Å². The van der Waals surface area contributed by atoms with Crippen molar-refractivity contribution in [3.63, 3.8) is 0 Å². The molecule has 0 aromatic heterocycles. The lowest BCUT2D eigenvalue weighted by molar-refractivity contribution is 0.398. The summed E-state index contributed by atoms with van der Waals surface area (Å²) in [6.07, 6.45) is 17.8. The predicted molar refractivity (Wildman–Crippen MR) is 356 cm³/mol. The molecule has 2 aliphatic rings. The monoisotopic (exact) mass is 1070 g/mol. The molecule has 416 valence electrons. The minimum absolute atomic E-state index is 0.0420. The van der Waals surface area contributed by atoms with Crippen molar-refractivity contribution in [2.75, 3.05) is 0 Å². The van der Waals surface area contributed by atoms with Crippen molar-refractivity contribution in [2.24, 2.45) is 0 Å². The minimum Gasteiger partial charge on any atom is -0.0654 e. The van der Waals surface area contributed by atoms with Crippen molar-refractivity contribution in [3.8, 4) is 44.5 Å². The van der Waals surface area contributed by atoms with Crippen LogP contribution in [0.4, 0.5) is 0 Å². The predicted octanol–water partition coefficient (Wildman–Crippen LogP) is 23.8. The highest BCUT2D eigenvalue weighted by atomic mass is 14.5. The summed E-state index contributed by atoms with van der Waals surface area (Å²) in [6, 6.07) is 72.8. The van der Waals surface area contributed by atoms with E-state index in [1.807, 2.05) is 0 Å². The molecule has 10 aromatic carbocycles. The second kappa shape index (κ2) is 22.3. The second-order valence-electron chi connectivity index (χ2n) is 27.2. The van der Waals surface area contributed by atoms with Gasteiger partial charge in [-0.3, -0.25) is 0 Å². The first-order valence-electron chi connectivity index (χ1n) is 31.8. The van der Waals surface area contributed by atoms with Crippen LogP contribution in [0.25, 0.3) is 76.8 Å². The molecule has 0 N–H and O–H groups in total. The van der Waals surface area contributed by atoms with Crippen molar-refractivity contribution in [1.82, 2.24) is 0 Å². The van der Waals surface area contributed by atoms with Gasteiger partial charge in [0, 0.05) is 5.41 Å². The SMILES string of the molecule is CCCCCCCCC1(CCCCCCCC)c2cc(-c3ccc4cc5cc(C)ccc5c(-c5cccc6ccccc56)c4c3)ccc2-c2cc3c(cc21)-c1ccc(C)cc1C3(c1ccc(C(C)(C)C)cc1)c1ccc(C(C)(C)C)cc1. The molecular weight excluding hydrogens is 985 g/mol. The van der Waals surface area contributed by atoms with E-state index in [4.69, 9.17) is 0 Å². The van der Waals surface area contributed by atoms with E-state index in [1.165, 1.54) is 211 Å². The van der Waals surface area contributed by atoms with E-state index in [-0.39, 0.29) is 16.2 Å². The van der Waals surface area contributed by atoms with Crippen LogP contribution < -0.4 is 0 Å². The van der Waals surface area contributed by atoms with Crippen LogP contribution in [0.1, 0.15) is 201 Å².